The Morgan fingerprint density at radius 1 is 1.57 bits per heavy atom. The van der Waals surface area contributed by atoms with Crippen molar-refractivity contribution >= 4 is 0 Å². The molecule has 0 aromatic carbocycles. The fourth-order valence-corrected chi connectivity index (χ4v) is 1.69. The Labute approximate surface area is 83.2 Å². The van der Waals surface area contributed by atoms with Crippen molar-refractivity contribution in [3.63, 3.8) is 0 Å². The van der Waals surface area contributed by atoms with E-state index in [1.54, 1.807) is 11.9 Å². The van der Waals surface area contributed by atoms with Crippen molar-refractivity contribution in [2.24, 2.45) is 11.7 Å². The van der Waals surface area contributed by atoms with Gasteiger partial charge in [-0.05, 0) is 19.4 Å². The van der Waals surface area contributed by atoms with Crippen molar-refractivity contribution in [1.82, 2.24) is 4.90 Å². The molecule has 2 N–H and O–H groups in total. The van der Waals surface area contributed by atoms with Crippen LogP contribution in [-0.2, 0) is 4.74 Å². The molecule has 3 nitrogen and oxygen atoms in total. The second kappa shape index (κ2) is 5.00. The fourth-order valence-electron chi connectivity index (χ4n) is 1.69. The first-order chi connectivity index (χ1) is 6.53. The Morgan fingerprint density at radius 3 is 2.79 bits per heavy atom. The minimum Gasteiger partial charge on any atom is -0.381 e. The minimum absolute atomic E-state index is 0.264. The highest BCUT2D eigenvalue weighted by atomic mass is 19.3. The highest BCUT2D eigenvalue weighted by Gasteiger charge is 2.29. The van der Waals surface area contributed by atoms with Gasteiger partial charge < -0.3 is 15.4 Å². The smallest absolute Gasteiger partial charge is 0.272 e. The van der Waals surface area contributed by atoms with Crippen LogP contribution in [0, 0.1) is 5.92 Å². The van der Waals surface area contributed by atoms with Crippen LogP contribution in [0.15, 0.2) is 0 Å². The highest BCUT2D eigenvalue weighted by Crippen LogP contribution is 2.17. The summed E-state index contributed by atoms with van der Waals surface area (Å²) in [5.74, 6) is -2.37. The Kier molecular flexibility index (Phi) is 4.22. The summed E-state index contributed by atoms with van der Waals surface area (Å²) in [4.78, 5) is 1.63. The van der Waals surface area contributed by atoms with E-state index in [4.69, 9.17) is 10.5 Å². The topological polar surface area (TPSA) is 38.5 Å². The van der Waals surface area contributed by atoms with E-state index in [9.17, 15) is 8.78 Å². The van der Waals surface area contributed by atoms with Crippen molar-refractivity contribution in [2.75, 3.05) is 39.9 Å². The molecular formula is C9H18F2N2O. The average Bonchev–Trinajstić information content (AvgIpc) is 2.55. The molecule has 84 valence electrons. The number of halogens is 2. The molecular weight excluding hydrogens is 190 g/mol. The molecule has 0 amide bonds. The lowest BCUT2D eigenvalue weighted by molar-refractivity contribution is -0.0204. The number of rotatable bonds is 5. The van der Waals surface area contributed by atoms with Crippen LogP contribution in [0.2, 0.25) is 0 Å². The molecule has 1 aliphatic heterocycles. The first-order valence-electron chi connectivity index (χ1n) is 4.88. The largest absolute Gasteiger partial charge is 0.381 e. The zero-order chi connectivity index (χ0) is 10.6. The van der Waals surface area contributed by atoms with Crippen LogP contribution in [0.3, 0.4) is 0 Å². The van der Waals surface area contributed by atoms with Crippen LogP contribution >= 0.6 is 0 Å². The van der Waals surface area contributed by atoms with Crippen LogP contribution in [0.1, 0.15) is 6.42 Å². The van der Waals surface area contributed by atoms with Crippen LogP contribution in [0.25, 0.3) is 0 Å². The van der Waals surface area contributed by atoms with Gasteiger partial charge >= 0.3 is 0 Å². The summed E-state index contributed by atoms with van der Waals surface area (Å²) in [6.07, 6.45) is 0.971. The third-order valence-electron chi connectivity index (χ3n) is 2.39. The Hall–Kier alpha value is -0.260. The summed E-state index contributed by atoms with van der Waals surface area (Å²) in [6.45, 7) is 1.26. The van der Waals surface area contributed by atoms with E-state index >= 15 is 0 Å². The molecule has 0 bridgehead atoms. The van der Waals surface area contributed by atoms with Gasteiger partial charge in [-0.25, -0.2) is 8.78 Å². The molecule has 5 heteroatoms. The van der Waals surface area contributed by atoms with E-state index in [1.807, 2.05) is 0 Å². The molecule has 0 aromatic rings. The number of alkyl halides is 2. The first kappa shape index (κ1) is 11.8. The molecule has 0 aromatic heterocycles. The van der Waals surface area contributed by atoms with E-state index in [0.29, 0.717) is 19.1 Å². The Bertz CT molecular complexity index is 172. The number of nitrogens with two attached hydrogens (primary N) is 1. The van der Waals surface area contributed by atoms with Crippen molar-refractivity contribution in [1.29, 1.82) is 0 Å². The first-order valence-corrected chi connectivity index (χ1v) is 4.88. The van der Waals surface area contributed by atoms with E-state index in [1.165, 1.54) is 0 Å². The monoisotopic (exact) mass is 208 g/mol. The second-order valence-corrected chi connectivity index (χ2v) is 3.99. The van der Waals surface area contributed by atoms with Crippen molar-refractivity contribution in [2.45, 2.75) is 12.3 Å². The van der Waals surface area contributed by atoms with Gasteiger partial charge in [0.1, 0.15) is 0 Å². The van der Waals surface area contributed by atoms with Crippen molar-refractivity contribution < 1.29 is 13.5 Å². The summed E-state index contributed by atoms with van der Waals surface area (Å²) in [5, 5.41) is 0. The summed E-state index contributed by atoms with van der Waals surface area (Å²) < 4.78 is 30.9. The van der Waals surface area contributed by atoms with E-state index in [-0.39, 0.29) is 6.54 Å². The molecule has 14 heavy (non-hydrogen) atoms. The molecule has 0 radical (unpaired) electrons. The van der Waals surface area contributed by atoms with Gasteiger partial charge in [-0.1, -0.05) is 0 Å². The van der Waals surface area contributed by atoms with Crippen LogP contribution < -0.4 is 5.73 Å². The quantitative estimate of drug-likeness (QED) is 0.717. The number of nitrogens with zero attached hydrogens (tertiary/aromatic N) is 1. The zero-order valence-electron chi connectivity index (χ0n) is 8.51. The average molecular weight is 208 g/mol. The molecule has 1 saturated heterocycles. The third kappa shape index (κ3) is 3.86. The summed E-state index contributed by atoms with van der Waals surface area (Å²) in [5.41, 5.74) is 4.96. The maximum absolute atomic E-state index is 12.9. The maximum atomic E-state index is 12.9. The molecule has 1 aliphatic rings. The predicted octanol–water partition coefficient (Wildman–Crippen LogP) is 0.549. The molecule has 1 rings (SSSR count). The number of hydrogen-bond acceptors (Lipinski definition) is 3. The van der Waals surface area contributed by atoms with Gasteiger partial charge in [-0.3, -0.25) is 0 Å². The molecule has 1 heterocycles. The van der Waals surface area contributed by atoms with E-state index in [2.05, 4.69) is 0 Å². The normalized spacial score (nSPS) is 23.4. The molecule has 0 aliphatic carbocycles. The summed E-state index contributed by atoms with van der Waals surface area (Å²) in [6, 6.07) is 0. The van der Waals surface area contributed by atoms with Gasteiger partial charge in [0, 0.05) is 13.2 Å². The van der Waals surface area contributed by atoms with Gasteiger partial charge in [0.25, 0.3) is 5.92 Å². The maximum Gasteiger partial charge on any atom is 0.272 e. The third-order valence-corrected chi connectivity index (χ3v) is 2.39. The van der Waals surface area contributed by atoms with Gasteiger partial charge in [0.15, 0.2) is 0 Å². The van der Waals surface area contributed by atoms with Crippen molar-refractivity contribution in [3.8, 4) is 0 Å². The molecule has 0 spiro atoms. The summed E-state index contributed by atoms with van der Waals surface area (Å²) >= 11 is 0. The number of hydrogen-bond donors (Lipinski definition) is 1. The zero-order valence-corrected chi connectivity index (χ0v) is 8.51. The molecule has 1 fully saturated rings. The van der Waals surface area contributed by atoms with Crippen molar-refractivity contribution in [3.05, 3.63) is 0 Å². The molecule has 0 saturated carbocycles. The van der Waals surface area contributed by atoms with Crippen LogP contribution in [0.5, 0.6) is 0 Å². The SMILES string of the molecule is CN(CC1CCOC1)CC(F)(F)CN. The van der Waals surface area contributed by atoms with Gasteiger partial charge in [-0.2, -0.15) is 0 Å². The van der Waals surface area contributed by atoms with Gasteiger partial charge in [0.05, 0.1) is 19.7 Å². The molecule has 1 atom stereocenters. The number of ether oxygens (including phenoxy) is 1. The van der Waals surface area contributed by atoms with Gasteiger partial charge in [-0.15, -0.1) is 0 Å². The Morgan fingerprint density at radius 2 is 2.29 bits per heavy atom. The second-order valence-electron chi connectivity index (χ2n) is 3.99. The Balaban J connectivity index is 2.23. The fraction of sp³-hybridized carbons (Fsp3) is 1.00. The lowest BCUT2D eigenvalue weighted by atomic mass is 10.1. The lowest BCUT2D eigenvalue weighted by Crippen LogP contribution is -2.41. The highest BCUT2D eigenvalue weighted by molar-refractivity contribution is 4.74. The minimum atomic E-state index is -2.77. The van der Waals surface area contributed by atoms with Gasteiger partial charge in [0.2, 0.25) is 0 Å². The van der Waals surface area contributed by atoms with E-state index in [0.717, 1.165) is 13.0 Å². The van der Waals surface area contributed by atoms with Crippen LogP contribution in [-0.4, -0.2) is 50.7 Å². The van der Waals surface area contributed by atoms with E-state index < -0.39 is 12.5 Å². The summed E-state index contributed by atoms with van der Waals surface area (Å²) in [7, 11) is 1.70. The molecule has 1 unspecified atom stereocenters. The lowest BCUT2D eigenvalue weighted by Gasteiger charge is -2.24. The van der Waals surface area contributed by atoms with Crippen LogP contribution in [0.4, 0.5) is 8.78 Å². The predicted molar refractivity (Wildman–Crippen MR) is 50.4 cm³/mol. The standard InChI is InChI=1S/C9H18F2N2O/c1-13(7-9(10,11)6-12)4-8-2-3-14-5-8/h8H,2-7,12H2,1H3.